The highest BCUT2D eigenvalue weighted by atomic mass is 32.2. The van der Waals surface area contributed by atoms with Gasteiger partial charge in [0.05, 0.1) is 6.26 Å². The first-order valence-electron chi connectivity index (χ1n) is 7.23. The Balaban J connectivity index is 1.75. The van der Waals surface area contributed by atoms with E-state index in [-0.39, 0.29) is 11.9 Å². The van der Waals surface area contributed by atoms with E-state index in [4.69, 9.17) is 0 Å². The first kappa shape index (κ1) is 16.0. The zero-order valence-electron chi connectivity index (χ0n) is 12.3. The summed E-state index contributed by atoms with van der Waals surface area (Å²) in [7, 11) is -3.16. The predicted molar refractivity (Wildman–Crippen MR) is 82.3 cm³/mol. The summed E-state index contributed by atoms with van der Waals surface area (Å²) < 4.78 is 25.0. The van der Waals surface area contributed by atoms with Gasteiger partial charge in [0.15, 0.2) is 0 Å². The summed E-state index contributed by atoms with van der Waals surface area (Å²) in [5.41, 5.74) is 1.17. The van der Waals surface area contributed by atoms with E-state index in [0.29, 0.717) is 32.4 Å². The molecule has 1 saturated heterocycles. The van der Waals surface area contributed by atoms with Crippen LogP contribution in [0.5, 0.6) is 0 Å². The van der Waals surface area contributed by atoms with Crippen LogP contribution in [0.3, 0.4) is 0 Å². The van der Waals surface area contributed by atoms with Gasteiger partial charge in [0, 0.05) is 25.6 Å². The Labute approximate surface area is 126 Å². The Bertz CT molecular complexity index is 564. The van der Waals surface area contributed by atoms with E-state index in [9.17, 15) is 13.2 Å². The van der Waals surface area contributed by atoms with Crippen molar-refractivity contribution in [3.63, 3.8) is 0 Å². The monoisotopic (exact) mass is 310 g/mol. The molecular formula is C15H22N2O3S. The molecule has 0 atom stereocenters. The molecule has 1 N–H and O–H groups in total. The summed E-state index contributed by atoms with van der Waals surface area (Å²) in [6, 6.07) is 9.92. The second-order valence-electron chi connectivity index (χ2n) is 5.53. The van der Waals surface area contributed by atoms with Crippen LogP contribution in [0.25, 0.3) is 0 Å². The van der Waals surface area contributed by atoms with E-state index in [1.807, 2.05) is 35.2 Å². The van der Waals surface area contributed by atoms with Gasteiger partial charge in [0.25, 0.3) is 0 Å². The number of aryl methyl sites for hydroxylation is 1. The largest absolute Gasteiger partial charge is 0.343 e. The highest BCUT2D eigenvalue weighted by Gasteiger charge is 2.24. The molecule has 1 aromatic rings. The quantitative estimate of drug-likeness (QED) is 0.887. The van der Waals surface area contributed by atoms with Crippen LogP contribution >= 0.6 is 0 Å². The van der Waals surface area contributed by atoms with Gasteiger partial charge in [-0.1, -0.05) is 30.3 Å². The average Bonchev–Trinajstić information content (AvgIpc) is 2.45. The molecule has 5 nitrogen and oxygen atoms in total. The fraction of sp³-hybridized carbons (Fsp3) is 0.533. The number of sulfonamides is 1. The van der Waals surface area contributed by atoms with Crippen molar-refractivity contribution in [1.29, 1.82) is 0 Å². The fourth-order valence-electron chi connectivity index (χ4n) is 2.60. The van der Waals surface area contributed by atoms with Crippen molar-refractivity contribution in [2.24, 2.45) is 0 Å². The molecule has 116 valence electrons. The SMILES string of the molecule is CS(=O)(=O)NC1CCN(C(=O)CCc2ccccc2)CC1. The molecule has 1 aliphatic rings. The number of piperidine rings is 1. The Morgan fingerprint density at radius 2 is 1.86 bits per heavy atom. The smallest absolute Gasteiger partial charge is 0.222 e. The molecule has 21 heavy (non-hydrogen) atoms. The van der Waals surface area contributed by atoms with Crippen molar-refractivity contribution in [1.82, 2.24) is 9.62 Å². The lowest BCUT2D eigenvalue weighted by Crippen LogP contribution is -2.46. The third-order valence-electron chi connectivity index (χ3n) is 3.70. The fourth-order valence-corrected chi connectivity index (χ4v) is 3.44. The van der Waals surface area contributed by atoms with Crippen LogP contribution in [0.4, 0.5) is 0 Å². The van der Waals surface area contributed by atoms with Crippen LogP contribution in [0.2, 0.25) is 0 Å². The van der Waals surface area contributed by atoms with Crippen molar-refractivity contribution >= 4 is 15.9 Å². The highest BCUT2D eigenvalue weighted by Crippen LogP contribution is 2.13. The number of nitrogens with one attached hydrogen (secondary N) is 1. The zero-order chi connectivity index (χ0) is 15.3. The third kappa shape index (κ3) is 5.47. The predicted octanol–water partition coefficient (Wildman–Crippen LogP) is 1.16. The second-order valence-corrected chi connectivity index (χ2v) is 7.31. The number of benzene rings is 1. The van der Waals surface area contributed by atoms with Crippen LogP contribution in [-0.4, -0.2) is 44.6 Å². The Morgan fingerprint density at radius 1 is 1.24 bits per heavy atom. The van der Waals surface area contributed by atoms with Gasteiger partial charge in [-0.3, -0.25) is 4.79 Å². The lowest BCUT2D eigenvalue weighted by Gasteiger charge is -2.32. The molecule has 1 fully saturated rings. The molecular weight excluding hydrogens is 288 g/mol. The van der Waals surface area contributed by atoms with Crippen LogP contribution in [0, 0.1) is 0 Å². The minimum absolute atomic E-state index is 0.0434. The summed E-state index contributed by atoms with van der Waals surface area (Å²) in [6.07, 6.45) is 3.80. The normalized spacial score (nSPS) is 16.9. The molecule has 1 aliphatic heterocycles. The van der Waals surface area contributed by atoms with Crippen molar-refractivity contribution < 1.29 is 13.2 Å². The maximum Gasteiger partial charge on any atom is 0.222 e. The van der Waals surface area contributed by atoms with Gasteiger partial charge in [0.2, 0.25) is 15.9 Å². The Hall–Kier alpha value is -1.40. The van der Waals surface area contributed by atoms with Gasteiger partial charge in [-0.15, -0.1) is 0 Å². The first-order chi connectivity index (χ1) is 9.94. The zero-order valence-corrected chi connectivity index (χ0v) is 13.1. The van der Waals surface area contributed by atoms with Crippen molar-refractivity contribution in [2.45, 2.75) is 31.7 Å². The van der Waals surface area contributed by atoms with Gasteiger partial charge in [-0.25, -0.2) is 13.1 Å². The van der Waals surface area contributed by atoms with Gasteiger partial charge < -0.3 is 4.90 Å². The van der Waals surface area contributed by atoms with Crippen molar-refractivity contribution in [3.05, 3.63) is 35.9 Å². The number of rotatable bonds is 5. The molecule has 0 radical (unpaired) electrons. The molecule has 0 saturated carbocycles. The lowest BCUT2D eigenvalue weighted by molar-refractivity contribution is -0.132. The van der Waals surface area contributed by atoms with E-state index in [1.54, 1.807) is 0 Å². The molecule has 0 aliphatic carbocycles. The first-order valence-corrected chi connectivity index (χ1v) is 9.12. The van der Waals surface area contributed by atoms with Gasteiger partial charge >= 0.3 is 0 Å². The summed E-state index contributed by atoms with van der Waals surface area (Å²) in [4.78, 5) is 14.0. The standard InChI is InChI=1S/C15H22N2O3S/c1-21(19,20)16-14-9-11-17(12-10-14)15(18)8-7-13-5-3-2-4-6-13/h2-6,14,16H,7-12H2,1H3. The lowest BCUT2D eigenvalue weighted by atomic mass is 10.0. The number of carbonyl (C=O) groups is 1. The van der Waals surface area contributed by atoms with Crippen molar-refractivity contribution in [3.8, 4) is 0 Å². The molecule has 0 aromatic heterocycles. The maximum atomic E-state index is 12.2. The average molecular weight is 310 g/mol. The van der Waals surface area contributed by atoms with Crippen LogP contribution in [0.1, 0.15) is 24.8 Å². The summed E-state index contributed by atoms with van der Waals surface area (Å²) in [5.74, 6) is 0.150. The summed E-state index contributed by atoms with van der Waals surface area (Å²) in [6.45, 7) is 1.25. The van der Waals surface area contributed by atoms with E-state index >= 15 is 0 Å². The molecule has 0 unspecified atom stereocenters. The van der Waals surface area contributed by atoms with Crippen LogP contribution in [0.15, 0.2) is 30.3 Å². The minimum atomic E-state index is -3.16. The summed E-state index contributed by atoms with van der Waals surface area (Å²) in [5, 5.41) is 0. The topological polar surface area (TPSA) is 66.5 Å². The van der Waals surface area contributed by atoms with E-state index in [1.165, 1.54) is 11.8 Å². The van der Waals surface area contributed by atoms with E-state index in [2.05, 4.69) is 4.72 Å². The molecule has 1 aromatic carbocycles. The van der Waals surface area contributed by atoms with Crippen LogP contribution < -0.4 is 4.72 Å². The van der Waals surface area contributed by atoms with E-state index in [0.717, 1.165) is 6.42 Å². The Kier molecular flexibility index (Phi) is 5.36. The number of hydrogen-bond donors (Lipinski definition) is 1. The highest BCUT2D eigenvalue weighted by molar-refractivity contribution is 7.88. The molecule has 1 heterocycles. The number of likely N-dealkylation sites (tertiary alicyclic amines) is 1. The molecule has 6 heteroatoms. The van der Waals surface area contributed by atoms with Crippen molar-refractivity contribution in [2.75, 3.05) is 19.3 Å². The number of carbonyl (C=O) groups excluding carboxylic acids is 1. The Morgan fingerprint density at radius 3 is 2.43 bits per heavy atom. The third-order valence-corrected chi connectivity index (χ3v) is 4.46. The number of amides is 1. The van der Waals surface area contributed by atoms with Gasteiger partial charge in [0.1, 0.15) is 0 Å². The van der Waals surface area contributed by atoms with E-state index < -0.39 is 10.0 Å². The second kappa shape index (κ2) is 7.04. The molecule has 0 spiro atoms. The molecule has 1 amide bonds. The van der Waals surface area contributed by atoms with Gasteiger partial charge in [-0.05, 0) is 24.8 Å². The van der Waals surface area contributed by atoms with Gasteiger partial charge in [-0.2, -0.15) is 0 Å². The summed E-state index contributed by atoms with van der Waals surface area (Å²) >= 11 is 0. The number of hydrogen-bond acceptors (Lipinski definition) is 3. The maximum absolute atomic E-state index is 12.2. The minimum Gasteiger partial charge on any atom is -0.343 e. The molecule has 0 bridgehead atoms. The molecule has 2 rings (SSSR count). The number of nitrogens with zero attached hydrogens (tertiary/aromatic N) is 1. The van der Waals surface area contributed by atoms with Crippen LogP contribution in [-0.2, 0) is 21.2 Å².